The number of amides is 3. The molecule has 0 spiro atoms. The zero-order valence-corrected chi connectivity index (χ0v) is 14.6. The van der Waals surface area contributed by atoms with Crippen molar-refractivity contribution in [3.63, 3.8) is 0 Å². The second-order valence-electron chi connectivity index (χ2n) is 7.05. The van der Waals surface area contributed by atoms with Gasteiger partial charge in [0, 0.05) is 19.1 Å². The number of hydrogen-bond acceptors (Lipinski definition) is 5. The average Bonchev–Trinajstić information content (AvgIpc) is 3.28. The lowest BCUT2D eigenvalue weighted by molar-refractivity contribution is -0.148. The molecule has 0 aliphatic carbocycles. The summed E-state index contributed by atoms with van der Waals surface area (Å²) in [5.74, 6) is -1.21. The van der Waals surface area contributed by atoms with Gasteiger partial charge in [-0.1, -0.05) is 0 Å². The molecule has 0 radical (unpaired) electrons. The molecule has 0 aromatic rings. The zero-order chi connectivity index (χ0) is 16.1. The van der Waals surface area contributed by atoms with Gasteiger partial charge in [0.05, 0.1) is 24.0 Å². The van der Waals surface area contributed by atoms with E-state index in [1.54, 1.807) is 0 Å². The molecular weight excluding hydrogens is 334 g/mol. The van der Waals surface area contributed by atoms with Crippen LogP contribution in [0.4, 0.5) is 0 Å². The van der Waals surface area contributed by atoms with Gasteiger partial charge in [0.15, 0.2) is 0 Å². The van der Waals surface area contributed by atoms with E-state index in [9.17, 15) is 14.4 Å². The minimum absolute atomic E-state index is 0. The number of halogens is 1. The topological polar surface area (TPSA) is 79.0 Å². The molecule has 3 amide bonds. The molecule has 8 heteroatoms. The van der Waals surface area contributed by atoms with Gasteiger partial charge >= 0.3 is 0 Å². The number of nitrogens with one attached hydrogen (secondary N) is 1. The molecule has 0 saturated carbocycles. The summed E-state index contributed by atoms with van der Waals surface area (Å²) in [6.45, 7) is 1.35. The first-order chi connectivity index (χ1) is 11.1. The summed E-state index contributed by atoms with van der Waals surface area (Å²) < 4.78 is 5.71. The SMILES string of the molecule is CNCC1CCCN1C(=O)CN1C(=O)C2C3CCC(O3)C2C1=O.Cl. The minimum atomic E-state index is -0.347. The third-order valence-electron chi connectivity index (χ3n) is 5.81. The molecule has 4 heterocycles. The van der Waals surface area contributed by atoms with E-state index in [4.69, 9.17) is 4.74 Å². The smallest absolute Gasteiger partial charge is 0.243 e. The van der Waals surface area contributed by atoms with Crippen LogP contribution in [0.2, 0.25) is 0 Å². The summed E-state index contributed by atoms with van der Waals surface area (Å²) in [6.07, 6.45) is 3.41. The van der Waals surface area contributed by atoms with Gasteiger partial charge in [-0.15, -0.1) is 12.4 Å². The van der Waals surface area contributed by atoms with Gasteiger partial charge in [-0.3, -0.25) is 19.3 Å². The second kappa shape index (κ2) is 6.61. The summed E-state index contributed by atoms with van der Waals surface area (Å²) >= 11 is 0. The van der Waals surface area contributed by atoms with Gasteiger partial charge in [-0.05, 0) is 32.7 Å². The van der Waals surface area contributed by atoms with Crippen molar-refractivity contribution in [1.82, 2.24) is 15.1 Å². The van der Waals surface area contributed by atoms with Crippen molar-refractivity contribution in [2.45, 2.75) is 43.9 Å². The molecule has 4 aliphatic rings. The van der Waals surface area contributed by atoms with Gasteiger partial charge in [0.25, 0.3) is 0 Å². The van der Waals surface area contributed by atoms with Gasteiger partial charge < -0.3 is 15.0 Å². The standard InChI is InChI=1S/C16H23N3O4.ClH/c1-17-7-9-3-2-6-18(9)12(20)8-19-15(21)13-10-4-5-11(23-10)14(13)16(19)22;/h9-11,13-14,17H,2-8H2,1H3;1H. The highest BCUT2D eigenvalue weighted by molar-refractivity contribution is 6.08. The zero-order valence-electron chi connectivity index (χ0n) is 13.8. The van der Waals surface area contributed by atoms with Crippen LogP contribution in [0.3, 0.4) is 0 Å². The molecule has 4 fully saturated rings. The van der Waals surface area contributed by atoms with Crippen LogP contribution in [-0.2, 0) is 19.1 Å². The molecule has 4 aliphatic heterocycles. The van der Waals surface area contributed by atoms with Gasteiger partial charge in [-0.25, -0.2) is 0 Å². The predicted octanol–water partition coefficient (Wildman–Crippen LogP) is -0.219. The van der Waals surface area contributed by atoms with E-state index >= 15 is 0 Å². The Morgan fingerprint density at radius 1 is 1.17 bits per heavy atom. The monoisotopic (exact) mass is 357 g/mol. The Morgan fingerprint density at radius 3 is 2.38 bits per heavy atom. The number of carbonyl (C=O) groups is 3. The highest BCUT2D eigenvalue weighted by Gasteiger charge is 2.62. The molecule has 5 unspecified atom stereocenters. The van der Waals surface area contributed by atoms with Crippen LogP contribution in [0.25, 0.3) is 0 Å². The molecule has 5 atom stereocenters. The second-order valence-corrected chi connectivity index (χ2v) is 7.05. The number of imide groups is 1. The van der Waals surface area contributed by atoms with Gasteiger partial charge in [0.2, 0.25) is 17.7 Å². The molecule has 7 nitrogen and oxygen atoms in total. The highest BCUT2D eigenvalue weighted by atomic mass is 35.5. The summed E-state index contributed by atoms with van der Waals surface area (Å²) in [6, 6.07) is 0.166. The number of ether oxygens (including phenoxy) is 1. The number of carbonyl (C=O) groups excluding carboxylic acids is 3. The maximum atomic E-state index is 12.6. The first-order valence-corrected chi connectivity index (χ1v) is 8.56. The van der Waals surface area contributed by atoms with Crippen molar-refractivity contribution in [2.75, 3.05) is 26.7 Å². The Labute approximate surface area is 147 Å². The Hall–Kier alpha value is -1.18. The fourth-order valence-corrected chi connectivity index (χ4v) is 4.77. The quantitative estimate of drug-likeness (QED) is 0.704. The van der Waals surface area contributed by atoms with Crippen LogP contribution in [0.1, 0.15) is 25.7 Å². The van der Waals surface area contributed by atoms with Crippen LogP contribution < -0.4 is 5.32 Å². The van der Waals surface area contributed by atoms with Crippen LogP contribution >= 0.6 is 12.4 Å². The Kier molecular flexibility index (Phi) is 4.86. The summed E-state index contributed by atoms with van der Waals surface area (Å²) in [5.41, 5.74) is 0. The van der Waals surface area contributed by atoms with Crippen molar-refractivity contribution >= 4 is 30.1 Å². The maximum Gasteiger partial charge on any atom is 0.243 e. The highest BCUT2D eigenvalue weighted by Crippen LogP contribution is 2.48. The lowest BCUT2D eigenvalue weighted by Gasteiger charge is -2.27. The van der Waals surface area contributed by atoms with Crippen molar-refractivity contribution in [3.05, 3.63) is 0 Å². The fraction of sp³-hybridized carbons (Fsp3) is 0.812. The molecule has 24 heavy (non-hydrogen) atoms. The number of hydrogen-bond donors (Lipinski definition) is 1. The first kappa shape index (κ1) is 17.6. The molecule has 1 N–H and O–H groups in total. The average molecular weight is 358 g/mol. The molecule has 4 rings (SSSR count). The number of likely N-dealkylation sites (tertiary alicyclic amines) is 2. The summed E-state index contributed by atoms with van der Waals surface area (Å²) in [7, 11) is 1.87. The van der Waals surface area contributed by atoms with Crippen molar-refractivity contribution in [3.8, 4) is 0 Å². The van der Waals surface area contributed by atoms with E-state index in [1.165, 1.54) is 4.90 Å². The van der Waals surface area contributed by atoms with E-state index in [-0.39, 0.29) is 66.8 Å². The fourth-order valence-electron chi connectivity index (χ4n) is 4.77. The lowest BCUT2D eigenvalue weighted by atomic mass is 9.81. The third-order valence-corrected chi connectivity index (χ3v) is 5.81. The molecule has 0 aromatic carbocycles. The Morgan fingerprint density at radius 2 is 1.79 bits per heavy atom. The molecule has 134 valence electrons. The third kappa shape index (κ3) is 2.53. The molecule has 4 saturated heterocycles. The van der Waals surface area contributed by atoms with Crippen molar-refractivity contribution in [1.29, 1.82) is 0 Å². The Bertz CT molecular complexity index is 529. The largest absolute Gasteiger partial charge is 0.373 e. The van der Waals surface area contributed by atoms with E-state index in [1.807, 2.05) is 11.9 Å². The van der Waals surface area contributed by atoms with Crippen LogP contribution in [0, 0.1) is 11.8 Å². The first-order valence-electron chi connectivity index (χ1n) is 8.56. The van der Waals surface area contributed by atoms with E-state index in [0.29, 0.717) is 6.54 Å². The van der Waals surface area contributed by atoms with Crippen LogP contribution in [-0.4, -0.2) is 72.5 Å². The minimum Gasteiger partial charge on any atom is -0.373 e. The van der Waals surface area contributed by atoms with Crippen LogP contribution in [0.15, 0.2) is 0 Å². The maximum absolute atomic E-state index is 12.6. The summed E-state index contributed by atoms with van der Waals surface area (Å²) in [4.78, 5) is 40.8. The van der Waals surface area contributed by atoms with E-state index < -0.39 is 0 Å². The molecular formula is C16H24ClN3O4. The Balaban J connectivity index is 0.00000169. The summed E-state index contributed by atoms with van der Waals surface area (Å²) in [5, 5.41) is 3.10. The lowest BCUT2D eigenvalue weighted by Crippen LogP contribution is -2.47. The number of rotatable bonds is 4. The van der Waals surface area contributed by atoms with Crippen LogP contribution in [0.5, 0.6) is 0 Å². The van der Waals surface area contributed by atoms with Crippen molar-refractivity contribution in [2.24, 2.45) is 11.8 Å². The number of nitrogens with zero attached hydrogens (tertiary/aromatic N) is 2. The van der Waals surface area contributed by atoms with Crippen molar-refractivity contribution < 1.29 is 19.1 Å². The molecule has 2 bridgehead atoms. The van der Waals surface area contributed by atoms with E-state index in [2.05, 4.69) is 5.32 Å². The van der Waals surface area contributed by atoms with Gasteiger partial charge in [0.1, 0.15) is 6.54 Å². The predicted molar refractivity (Wildman–Crippen MR) is 87.5 cm³/mol. The normalized spacial score (nSPS) is 37.1. The van der Waals surface area contributed by atoms with Gasteiger partial charge in [-0.2, -0.15) is 0 Å². The van der Waals surface area contributed by atoms with E-state index in [0.717, 1.165) is 32.2 Å². The number of fused-ring (bicyclic) bond motifs is 5. The number of likely N-dealkylation sites (N-methyl/N-ethyl adjacent to an activating group) is 1. The molecule has 0 aromatic heterocycles.